The van der Waals surface area contributed by atoms with Crippen molar-refractivity contribution in [1.82, 2.24) is 10.6 Å². The van der Waals surface area contributed by atoms with Crippen LogP contribution in [0.15, 0.2) is 78.9 Å². The summed E-state index contributed by atoms with van der Waals surface area (Å²) in [5.41, 5.74) is 1.59. The van der Waals surface area contributed by atoms with Gasteiger partial charge in [-0.2, -0.15) is 13.2 Å². The Hall–Kier alpha value is -3.65. The molecule has 32 heavy (non-hydrogen) atoms. The molecule has 1 unspecified atom stereocenters. The van der Waals surface area contributed by atoms with Crippen LogP contribution in [0.3, 0.4) is 0 Å². The molecule has 0 saturated carbocycles. The van der Waals surface area contributed by atoms with E-state index in [2.05, 4.69) is 10.6 Å². The van der Waals surface area contributed by atoms with Crippen molar-refractivity contribution < 1.29 is 27.9 Å². The molecule has 3 N–H and O–H groups in total. The van der Waals surface area contributed by atoms with E-state index < -0.39 is 36.2 Å². The Bertz CT molecular complexity index is 1050. The van der Waals surface area contributed by atoms with Gasteiger partial charge in [0.25, 0.3) is 5.91 Å². The zero-order valence-electron chi connectivity index (χ0n) is 16.9. The molecule has 0 spiro atoms. The van der Waals surface area contributed by atoms with Gasteiger partial charge < -0.3 is 15.7 Å². The molecule has 0 radical (unpaired) electrons. The summed E-state index contributed by atoms with van der Waals surface area (Å²) >= 11 is 0. The van der Waals surface area contributed by atoms with Crippen LogP contribution in [0, 0.1) is 0 Å². The number of hydrogen-bond donors (Lipinski definition) is 3. The lowest BCUT2D eigenvalue weighted by atomic mass is 10.0. The highest BCUT2D eigenvalue weighted by Crippen LogP contribution is 2.31. The Morgan fingerprint density at radius 2 is 1.41 bits per heavy atom. The average Bonchev–Trinajstić information content (AvgIpc) is 2.81. The molecule has 0 aliphatic heterocycles. The van der Waals surface area contributed by atoms with Gasteiger partial charge in [-0.15, -0.1) is 0 Å². The normalized spacial score (nSPS) is 12.1. The quantitative estimate of drug-likeness (QED) is 0.521. The van der Waals surface area contributed by atoms with E-state index in [9.17, 15) is 27.9 Å². The topological polar surface area (TPSA) is 78.4 Å². The number of aliphatic hydroxyl groups is 1. The maximum absolute atomic E-state index is 12.7. The summed E-state index contributed by atoms with van der Waals surface area (Å²) in [6, 6.07) is 19.0. The van der Waals surface area contributed by atoms with E-state index in [1.807, 2.05) is 30.3 Å². The van der Waals surface area contributed by atoms with Crippen LogP contribution in [0.5, 0.6) is 0 Å². The smallest absolute Gasteiger partial charge is 0.394 e. The number of halogens is 3. The minimum absolute atomic E-state index is 0.245. The number of amides is 2. The summed E-state index contributed by atoms with van der Waals surface area (Å²) < 4.78 is 38.1. The van der Waals surface area contributed by atoms with E-state index in [-0.39, 0.29) is 12.1 Å². The third kappa shape index (κ3) is 5.95. The first-order valence-corrected chi connectivity index (χ1v) is 9.79. The van der Waals surface area contributed by atoms with E-state index in [1.54, 1.807) is 12.1 Å². The standard InChI is InChI=1S/C24H21F3N2O3/c25-24(26,27)20-12-10-18(11-13-20)17-6-8-19(9-7-17)22(31)29-21(15-30)23(32)28-14-16-4-2-1-3-5-16/h1-13,21,30H,14-15H2,(H,28,32)(H,29,31). The van der Waals surface area contributed by atoms with Gasteiger partial charge in [0.05, 0.1) is 12.2 Å². The van der Waals surface area contributed by atoms with Crippen molar-refractivity contribution in [3.63, 3.8) is 0 Å². The Kier molecular flexibility index (Phi) is 7.27. The van der Waals surface area contributed by atoms with Crippen molar-refractivity contribution in [2.75, 3.05) is 6.61 Å². The lowest BCUT2D eigenvalue weighted by Crippen LogP contribution is -2.48. The molecule has 0 heterocycles. The summed E-state index contributed by atoms with van der Waals surface area (Å²) in [7, 11) is 0. The fraction of sp³-hybridized carbons (Fsp3) is 0.167. The van der Waals surface area contributed by atoms with Crippen molar-refractivity contribution >= 4 is 11.8 Å². The molecule has 0 aliphatic rings. The van der Waals surface area contributed by atoms with Crippen LogP contribution in [0.4, 0.5) is 13.2 Å². The highest BCUT2D eigenvalue weighted by molar-refractivity contribution is 5.98. The molecule has 3 aromatic rings. The van der Waals surface area contributed by atoms with E-state index in [1.165, 1.54) is 24.3 Å². The summed E-state index contributed by atoms with van der Waals surface area (Å²) in [5.74, 6) is -1.08. The van der Waals surface area contributed by atoms with Gasteiger partial charge in [-0.1, -0.05) is 54.6 Å². The first-order chi connectivity index (χ1) is 15.3. The van der Waals surface area contributed by atoms with Crippen molar-refractivity contribution in [2.24, 2.45) is 0 Å². The van der Waals surface area contributed by atoms with Gasteiger partial charge in [-0.25, -0.2) is 0 Å². The second kappa shape index (κ2) is 10.1. The molecule has 0 bridgehead atoms. The number of carbonyl (C=O) groups is 2. The van der Waals surface area contributed by atoms with Crippen LogP contribution in [0.25, 0.3) is 11.1 Å². The van der Waals surface area contributed by atoms with Gasteiger partial charge >= 0.3 is 6.18 Å². The van der Waals surface area contributed by atoms with Crippen LogP contribution >= 0.6 is 0 Å². The maximum atomic E-state index is 12.7. The molecule has 3 aromatic carbocycles. The van der Waals surface area contributed by atoms with Crippen molar-refractivity contribution in [2.45, 2.75) is 18.8 Å². The Morgan fingerprint density at radius 1 is 0.844 bits per heavy atom. The number of nitrogens with one attached hydrogen (secondary N) is 2. The summed E-state index contributed by atoms with van der Waals surface area (Å²) in [4.78, 5) is 24.8. The zero-order chi connectivity index (χ0) is 23.1. The second-order valence-electron chi connectivity index (χ2n) is 7.06. The van der Waals surface area contributed by atoms with Crippen LogP contribution < -0.4 is 10.6 Å². The number of rotatable bonds is 7. The van der Waals surface area contributed by atoms with Crippen LogP contribution in [-0.2, 0) is 17.5 Å². The molecular weight excluding hydrogens is 421 g/mol. The minimum Gasteiger partial charge on any atom is -0.394 e. The maximum Gasteiger partial charge on any atom is 0.416 e. The number of alkyl halides is 3. The van der Waals surface area contributed by atoms with Gasteiger partial charge in [-0.3, -0.25) is 9.59 Å². The van der Waals surface area contributed by atoms with E-state index in [0.717, 1.165) is 17.7 Å². The minimum atomic E-state index is -4.41. The third-order valence-corrected chi connectivity index (χ3v) is 4.81. The zero-order valence-corrected chi connectivity index (χ0v) is 16.9. The highest BCUT2D eigenvalue weighted by Gasteiger charge is 2.30. The summed E-state index contributed by atoms with van der Waals surface area (Å²) in [6.45, 7) is -0.316. The lowest BCUT2D eigenvalue weighted by Gasteiger charge is -2.16. The molecule has 0 fully saturated rings. The fourth-order valence-corrected chi connectivity index (χ4v) is 3.01. The fourth-order valence-electron chi connectivity index (χ4n) is 3.01. The monoisotopic (exact) mass is 442 g/mol. The van der Waals surface area contributed by atoms with E-state index >= 15 is 0 Å². The van der Waals surface area contributed by atoms with Crippen molar-refractivity contribution in [3.8, 4) is 11.1 Å². The third-order valence-electron chi connectivity index (χ3n) is 4.81. The number of carbonyl (C=O) groups excluding carboxylic acids is 2. The Balaban J connectivity index is 1.61. The van der Waals surface area contributed by atoms with E-state index in [4.69, 9.17) is 0 Å². The Morgan fingerprint density at radius 3 is 1.94 bits per heavy atom. The predicted octanol–water partition coefficient (Wildman–Crippen LogP) is 3.78. The first-order valence-electron chi connectivity index (χ1n) is 9.79. The second-order valence-corrected chi connectivity index (χ2v) is 7.06. The Labute approximate surface area is 182 Å². The molecule has 2 amide bonds. The molecule has 8 heteroatoms. The summed E-state index contributed by atoms with van der Waals surface area (Å²) in [6.07, 6.45) is -4.41. The molecule has 3 rings (SSSR count). The highest BCUT2D eigenvalue weighted by atomic mass is 19.4. The number of aliphatic hydroxyl groups excluding tert-OH is 1. The molecule has 0 saturated heterocycles. The average molecular weight is 442 g/mol. The van der Waals surface area contributed by atoms with E-state index in [0.29, 0.717) is 11.1 Å². The first kappa shape index (κ1) is 23.0. The summed E-state index contributed by atoms with van der Waals surface area (Å²) in [5, 5.41) is 14.6. The van der Waals surface area contributed by atoms with Crippen molar-refractivity contribution in [3.05, 3.63) is 95.6 Å². The molecule has 0 aliphatic carbocycles. The molecular formula is C24H21F3N2O3. The van der Waals surface area contributed by atoms with Gasteiger partial charge in [0, 0.05) is 12.1 Å². The number of benzene rings is 3. The van der Waals surface area contributed by atoms with Crippen LogP contribution in [0.2, 0.25) is 0 Å². The van der Waals surface area contributed by atoms with Gasteiger partial charge in [-0.05, 0) is 41.0 Å². The molecule has 166 valence electrons. The SMILES string of the molecule is O=C(NC(CO)C(=O)NCc1ccccc1)c1ccc(-c2ccc(C(F)(F)F)cc2)cc1. The molecule has 0 aromatic heterocycles. The van der Waals surface area contributed by atoms with Gasteiger partial charge in [0.1, 0.15) is 6.04 Å². The largest absolute Gasteiger partial charge is 0.416 e. The van der Waals surface area contributed by atoms with Gasteiger partial charge in [0.2, 0.25) is 5.91 Å². The van der Waals surface area contributed by atoms with Crippen LogP contribution in [-0.4, -0.2) is 29.6 Å². The lowest BCUT2D eigenvalue weighted by molar-refractivity contribution is -0.137. The molecule has 5 nitrogen and oxygen atoms in total. The van der Waals surface area contributed by atoms with Crippen LogP contribution in [0.1, 0.15) is 21.5 Å². The molecule has 1 atom stereocenters. The van der Waals surface area contributed by atoms with Crippen molar-refractivity contribution in [1.29, 1.82) is 0 Å². The number of hydrogen-bond acceptors (Lipinski definition) is 3. The van der Waals surface area contributed by atoms with Gasteiger partial charge in [0.15, 0.2) is 0 Å². The predicted molar refractivity (Wildman–Crippen MR) is 114 cm³/mol.